The summed E-state index contributed by atoms with van der Waals surface area (Å²) in [5, 5.41) is 0. The van der Waals surface area contributed by atoms with Crippen molar-refractivity contribution in [2.45, 2.75) is 6.54 Å². The summed E-state index contributed by atoms with van der Waals surface area (Å²) in [6.07, 6.45) is 3.79. The fourth-order valence-corrected chi connectivity index (χ4v) is 3.03. The van der Waals surface area contributed by atoms with E-state index in [4.69, 9.17) is 0 Å². The number of amides is 1. The Bertz CT molecular complexity index is 441. The topological polar surface area (TPSA) is 41.4 Å². The van der Waals surface area contributed by atoms with E-state index in [2.05, 4.69) is 9.88 Å². The highest BCUT2D eigenvalue weighted by molar-refractivity contribution is 5.81. The molecule has 0 aromatic carbocycles. The van der Waals surface area contributed by atoms with Gasteiger partial charge in [-0.2, -0.15) is 0 Å². The normalized spacial score (nSPS) is 29.1. The average Bonchev–Trinajstić information content (AvgIpc) is 2.91. The third-order valence-electron chi connectivity index (χ3n) is 4.00. The minimum absolute atomic E-state index is 0.222. The summed E-state index contributed by atoms with van der Waals surface area (Å²) in [7, 11) is 3.92. The van der Waals surface area contributed by atoms with Crippen LogP contribution in [-0.4, -0.2) is 51.9 Å². The number of aromatic nitrogens is 2. The summed E-state index contributed by atoms with van der Waals surface area (Å²) in [6, 6.07) is 0. The second-order valence-corrected chi connectivity index (χ2v) is 5.23. The second-order valence-electron chi connectivity index (χ2n) is 5.23. The second kappa shape index (κ2) is 3.84. The van der Waals surface area contributed by atoms with E-state index in [0.29, 0.717) is 11.8 Å². The first-order valence-corrected chi connectivity index (χ1v) is 6.08. The van der Waals surface area contributed by atoms with Gasteiger partial charge >= 0.3 is 0 Å². The van der Waals surface area contributed by atoms with Crippen LogP contribution in [0.1, 0.15) is 5.82 Å². The molecular formula is C12H18N4O. The van der Waals surface area contributed by atoms with Crippen molar-refractivity contribution >= 4 is 5.91 Å². The van der Waals surface area contributed by atoms with Gasteiger partial charge in [-0.05, 0) is 0 Å². The molecule has 0 unspecified atom stereocenters. The van der Waals surface area contributed by atoms with E-state index in [9.17, 15) is 4.79 Å². The molecule has 3 rings (SSSR count). The van der Waals surface area contributed by atoms with E-state index >= 15 is 0 Å². The van der Waals surface area contributed by atoms with Crippen molar-refractivity contribution in [2.24, 2.45) is 18.9 Å². The molecule has 2 aliphatic heterocycles. The number of hydrogen-bond acceptors (Lipinski definition) is 3. The monoisotopic (exact) mass is 234 g/mol. The highest BCUT2D eigenvalue weighted by Gasteiger charge is 2.44. The van der Waals surface area contributed by atoms with Crippen molar-refractivity contribution in [3.05, 3.63) is 18.2 Å². The van der Waals surface area contributed by atoms with E-state index in [1.807, 2.05) is 36.0 Å². The van der Waals surface area contributed by atoms with Crippen molar-refractivity contribution in [3.63, 3.8) is 0 Å². The third kappa shape index (κ3) is 1.74. The standard InChI is InChI=1S/C12H18N4O/c1-14-4-3-13-11(14)8-16-6-9-5-15(2)12(17)10(9)7-16/h3-4,9-10H,5-8H2,1-2H3/t9-,10+/m0/s1. The van der Waals surface area contributed by atoms with Gasteiger partial charge in [-0.3, -0.25) is 9.69 Å². The Kier molecular flexibility index (Phi) is 2.43. The number of nitrogens with zero attached hydrogens (tertiary/aromatic N) is 4. The van der Waals surface area contributed by atoms with Crippen LogP contribution in [-0.2, 0) is 18.4 Å². The van der Waals surface area contributed by atoms with Gasteiger partial charge in [-0.1, -0.05) is 0 Å². The number of imidazole rings is 1. The van der Waals surface area contributed by atoms with Crippen molar-refractivity contribution < 1.29 is 4.79 Å². The Morgan fingerprint density at radius 1 is 1.35 bits per heavy atom. The molecule has 0 bridgehead atoms. The minimum Gasteiger partial charge on any atom is -0.345 e. The van der Waals surface area contributed by atoms with Crippen LogP contribution >= 0.6 is 0 Å². The van der Waals surface area contributed by atoms with Gasteiger partial charge in [-0.15, -0.1) is 0 Å². The zero-order chi connectivity index (χ0) is 12.0. The lowest BCUT2D eigenvalue weighted by atomic mass is 10.0. The molecule has 1 aromatic rings. The Balaban J connectivity index is 1.67. The van der Waals surface area contributed by atoms with E-state index in [-0.39, 0.29) is 5.92 Å². The summed E-state index contributed by atoms with van der Waals surface area (Å²) < 4.78 is 2.04. The first-order chi connectivity index (χ1) is 8.15. The first-order valence-electron chi connectivity index (χ1n) is 6.08. The maximum atomic E-state index is 11.9. The van der Waals surface area contributed by atoms with Gasteiger partial charge in [-0.25, -0.2) is 4.98 Å². The smallest absolute Gasteiger partial charge is 0.227 e. The Hall–Kier alpha value is -1.36. The fourth-order valence-electron chi connectivity index (χ4n) is 3.03. The Labute approximate surface area is 101 Å². The third-order valence-corrected chi connectivity index (χ3v) is 4.00. The van der Waals surface area contributed by atoms with Crippen molar-refractivity contribution in [2.75, 3.05) is 26.7 Å². The highest BCUT2D eigenvalue weighted by atomic mass is 16.2. The number of rotatable bonds is 2. The van der Waals surface area contributed by atoms with E-state index in [0.717, 1.165) is 32.0 Å². The van der Waals surface area contributed by atoms with Crippen LogP contribution in [0.25, 0.3) is 0 Å². The highest BCUT2D eigenvalue weighted by Crippen LogP contribution is 2.31. The molecule has 0 aliphatic carbocycles. The lowest BCUT2D eigenvalue weighted by Gasteiger charge is -2.18. The largest absolute Gasteiger partial charge is 0.345 e. The quantitative estimate of drug-likeness (QED) is 0.720. The minimum atomic E-state index is 0.222. The molecule has 3 heterocycles. The molecule has 2 saturated heterocycles. The molecule has 0 N–H and O–H groups in total. The Morgan fingerprint density at radius 3 is 2.82 bits per heavy atom. The molecule has 92 valence electrons. The summed E-state index contributed by atoms with van der Waals surface area (Å²) in [5.74, 6) is 2.14. The maximum absolute atomic E-state index is 11.9. The average molecular weight is 234 g/mol. The molecule has 0 radical (unpaired) electrons. The maximum Gasteiger partial charge on any atom is 0.227 e. The van der Waals surface area contributed by atoms with Crippen molar-refractivity contribution in [3.8, 4) is 0 Å². The number of likely N-dealkylation sites (tertiary alicyclic amines) is 2. The van der Waals surface area contributed by atoms with Gasteiger partial charge in [0.05, 0.1) is 12.5 Å². The summed E-state index contributed by atoms with van der Waals surface area (Å²) >= 11 is 0. The fraction of sp³-hybridized carbons (Fsp3) is 0.667. The molecule has 0 spiro atoms. The van der Waals surface area contributed by atoms with Gasteiger partial charge in [0.25, 0.3) is 0 Å². The van der Waals surface area contributed by atoms with Crippen molar-refractivity contribution in [1.29, 1.82) is 0 Å². The number of fused-ring (bicyclic) bond motifs is 1. The van der Waals surface area contributed by atoms with Crippen LogP contribution in [0.15, 0.2) is 12.4 Å². The molecule has 1 amide bonds. The van der Waals surface area contributed by atoms with Gasteiger partial charge in [0.15, 0.2) is 0 Å². The van der Waals surface area contributed by atoms with E-state index in [1.54, 1.807) is 0 Å². The van der Waals surface area contributed by atoms with Gasteiger partial charge in [0.1, 0.15) is 5.82 Å². The molecule has 2 atom stereocenters. The Morgan fingerprint density at radius 2 is 2.18 bits per heavy atom. The SMILES string of the molecule is CN1C[C@H]2CN(Cc3nccn3C)C[C@H]2C1=O. The van der Waals surface area contributed by atoms with Gasteiger partial charge in [0, 0.05) is 52.0 Å². The van der Waals surface area contributed by atoms with E-state index in [1.165, 1.54) is 0 Å². The van der Waals surface area contributed by atoms with Crippen LogP contribution in [0.3, 0.4) is 0 Å². The summed E-state index contributed by atoms with van der Waals surface area (Å²) in [5.41, 5.74) is 0. The zero-order valence-electron chi connectivity index (χ0n) is 10.3. The molecule has 2 fully saturated rings. The molecule has 5 nitrogen and oxygen atoms in total. The number of hydrogen-bond donors (Lipinski definition) is 0. The summed E-state index contributed by atoms with van der Waals surface area (Å²) in [4.78, 5) is 20.4. The number of aryl methyl sites for hydroxylation is 1. The molecule has 0 saturated carbocycles. The van der Waals surface area contributed by atoms with Crippen LogP contribution in [0.2, 0.25) is 0 Å². The summed E-state index contributed by atoms with van der Waals surface area (Å²) in [6.45, 7) is 3.68. The van der Waals surface area contributed by atoms with Gasteiger partial charge in [0.2, 0.25) is 5.91 Å². The van der Waals surface area contributed by atoms with Crippen LogP contribution < -0.4 is 0 Å². The molecule has 5 heteroatoms. The van der Waals surface area contributed by atoms with Gasteiger partial charge < -0.3 is 9.47 Å². The zero-order valence-corrected chi connectivity index (χ0v) is 10.3. The molecule has 1 aromatic heterocycles. The predicted octanol–water partition coefficient (Wildman–Crippen LogP) is -0.0599. The lowest BCUT2D eigenvalue weighted by Crippen LogP contribution is -2.30. The van der Waals surface area contributed by atoms with Crippen LogP contribution in [0.5, 0.6) is 0 Å². The first kappa shape index (κ1) is 10.8. The number of carbonyl (C=O) groups excluding carboxylic acids is 1. The van der Waals surface area contributed by atoms with E-state index < -0.39 is 0 Å². The van der Waals surface area contributed by atoms with Crippen LogP contribution in [0, 0.1) is 11.8 Å². The number of carbonyl (C=O) groups is 1. The molecule has 2 aliphatic rings. The van der Waals surface area contributed by atoms with Crippen LogP contribution in [0.4, 0.5) is 0 Å². The predicted molar refractivity (Wildman–Crippen MR) is 63.1 cm³/mol. The van der Waals surface area contributed by atoms with Crippen molar-refractivity contribution in [1.82, 2.24) is 19.4 Å². The lowest BCUT2D eigenvalue weighted by molar-refractivity contribution is -0.129. The molecule has 17 heavy (non-hydrogen) atoms. The molecular weight excluding hydrogens is 216 g/mol.